The first-order chi connectivity index (χ1) is 12.0. The van der Waals surface area contributed by atoms with Gasteiger partial charge in [0.05, 0.1) is 10.5 Å². The number of pyridine rings is 1. The second-order valence-corrected chi connectivity index (χ2v) is 7.05. The van der Waals surface area contributed by atoms with Gasteiger partial charge in [0.1, 0.15) is 4.32 Å². The third-order valence-electron chi connectivity index (χ3n) is 3.65. The Kier molecular flexibility index (Phi) is 5.25. The number of amides is 1. The number of hydrogen-bond donors (Lipinski definition) is 1. The Morgan fingerprint density at radius 1 is 1.32 bits per heavy atom. The molecule has 1 aromatic carbocycles. The van der Waals surface area contributed by atoms with Gasteiger partial charge in [-0.2, -0.15) is 0 Å². The van der Waals surface area contributed by atoms with E-state index in [-0.39, 0.29) is 11.5 Å². The van der Waals surface area contributed by atoms with E-state index in [2.05, 4.69) is 4.98 Å². The summed E-state index contributed by atoms with van der Waals surface area (Å²) in [6, 6.07) is 10.3. The molecule has 1 aliphatic rings. The molecule has 0 bridgehead atoms. The van der Waals surface area contributed by atoms with Crippen LogP contribution in [0.25, 0.3) is 6.08 Å². The maximum atomic E-state index is 12.6. The molecule has 1 saturated heterocycles. The normalized spacial score (nSPS) is 15.8. The molecule has 1 amide bonds. The Bertz CT molecular complexity index is 866. The lowest BCUT2D eigenvalue weighted by Crippen LogP contribution is -2.30. The number of hydrogen-bond acceptors (Lipinski definition) is 5. The predicted octanol–water partition coefficient (Wildman–Crippen LogP) is 3.22. The molecular formula is C18H14N2O3S2. The van der Waals surface area contributed by atoms with Gasteiger partial charge in [-0.15, -0.1) is 0 Å². The summed E-state index contributed by atoms with van der Waals surface area (Å²) >= 11 is 6.54. The van der Waals surface area contributed by atoms with Crippen molar-refractivity contribution >= 4 is 46.3 Å². The number of thioether (sulfide) groups is 1. The lowest BCUT2D eigenvalue weighted by atomic mass is 10.1. The van der Waals surface area contributed by atoms with Crippen molar-refractivity contribution in [2.45, 2.75) is 6.42 Å². The highest BCUT2D eigenvalue weighted by molar-refractivity contribution is 8.26. The Labute approximate surface area is 154 Å². The first-order valence-corrected chi connectivity index (χ1v) is 8.75. The molecule has 3 rings (SSSR count). The van der Waals surface area contributed by atoms with E-state index in [1.54, 1.807) is 35.5 Å². The average molecular weight is 370 g/mol. The van der Waals surface area contributed by atoms with E-state index in [4.69, 9.17) is 17.3 Å². The van der Waals surface area contributed by atoms with Crippen LogP contribution in [0.5, 0.6) is 0 Å². The van der Waals surface area contributed by atoms with Crippen molar-refractivity contribution in [2.24, 2.45) is 0 Å². The molecule has 1 N–H and O–H groups in total. The van der Waals surface area contributed by atoms with Crippen LogP contribution in [-0.2, 0) is 11.2 Å². The zero-order chi connectivity index (χ0) is 17.8. The van der Waals surface area contributed by atoms with Gasteiger partial charge in [-0.3, -0.25) is 14.7 Å². The molecule has 0 radical (unpaired) electrons. The summed E-state index contributed by atoms with van der Waals surface area (Å²) in [6.45, 7) is 0.489. The number of rotatable bonds is 5. The lowest BCUT2D eigenvalue weighted by Gasteiger charge is -2.13. The smallest absolute Gasteiger partial charge is 0.335 e. The second kappa shape index (κ2) is 7.58. The number of carbonyl (C=O) groups is 2. The number of benzene rings is 1. The fraction of sp³-hybridized carbons (Fsp3) is 0.111. The van der Waals surface area contributed by atoms with Crippen molar-refractivity contribution in [3.05, 3.63) is 70.4 Å². The van der Waals surface area contributed by atoms with Gasteiger partial charge in [-0.25, -0.2) is 4.79 Å². The van der Waals surface area contributed by atoms with Crippen LogP contribution in [0.1, 0.15) is 21.5 Å². The van der Waals surface area contributed by atoms with Crippen molar-refractivity contribution in [3.8, 4) is 0 Å². The molecule has 25 heavy (non-hydrogen) atoms. The van der Waals surface area contributed by atoms with Crippen LogP contribution in [0.4, 0.5) is 0 Å². The summed E-state index contributed by atoms with van der Waals surface area (Å²) in [7, 11) is 0. The Hall–Kier alpha value is -2.51. The molecule has 0 aliphatic carbocycles. The third kappa shape index (κ3) is 4.12. The number of aromatic carboxylic acids is 1. The largest absolute Gasteiger partial charge is 0.478 e. The molecule has 1 aromatic heterocycles. The van der Waals surface area contributed by atoms with Crippen LogP contribution < -0.4 is 0 Å². The van der Waals surface area contributed by atoms with Gasteiger partial charge in [0.2, 0.25) is 0 Å². The third-order valence-corrected chi connectivity index (χ3v) is 5.03. The monoisotopic (exact) mass is 370 g/mol. The van der Waals surface area contributed by atoms with Crippen molar-refractivity contribution in [3.63, 3.8) is 0 Å². The first-order valence-electron chi connectivity index (χ1n) is 7.52. The number of carbonyl (C=O) groups excluding carboxylic acids is 1. The molecule has 0 atom stereocenters. The van der Waals surface area contributed by atoms with Crippen molar-refractivity contribution < 1.29 is 14.7 Å². The van der Waals surface area contributed by atoms with E-state index < -0.39 is 5.97 Å². The van der Waals surface area contributed by atoms with Crippen molar-refractivity contribution in [2.75, 3.05) is 6.54 Å². The van der Waals surface area contributed by atoms with E-state index in [0.717, 1.165) is 5.56 Å². The highest BCUT2D eigenvalue weighted by Crippen LogP contribution is 2.32. The maximum absolute atomic E-state index is 12.6. The first kappa shape index (κ1) is 17.3. The number of aromatic nitrogens is 1. The van der Waals surface area contributed by atoms with Gasteiger partial charge < -0.3 is 5.11 Å². The Morgan fingerprint density at radius 2 is 2.16 bits per heavy atom. The van der Waals surface area contributed by atoms with Crippen LogP contribution >= 0.6 is 24.0 Å². The highest BCUT2D eigenvalue weighted by Gasteiger charge is 2.31. The summed E-state index contributed by atoms with van der Waals surface area (Å²) in [5, 5.41) is 9.06. The fourth-order valence-electron chi connectivity index (χ4n) is 2.39. The van der Waals surface area contributed by atoms with Gasteiger partial charge in [-0.05, 0) is 41.8 Å². The summed E-state index contributed by atoms with van der Waals surface area (Å²) in [5.74, 6) is -1.15. The van der Waals surface area contributed by atoms with Gasteiger partial charge in [-0.1, -0.05) is 42.2 Å². The molecule has 0 unspecified atom stereocenters. The molecule has 0 spiro atoms. The summed E-state index contributed by atoms with van der Waals surface area (Å²) in [5.41, 5.74) is 1.88. The standard InChI is InChI=1S/C18H14N2O3S2/c21-16-15(10-13-3-1-5-14(9-13)17(22)23)25-18(24)20(16)8-6-12-4-2-7-19-11-12/h1-5,7,9-11H,6,8H2,(H,22,23)/b15-10+. The van der Waals surface area contributed by atoms with Gasteiger partial charge >= 0.3 is 5.97 Å². The topological polar surface area (TPSA) is 70.5 Å². The second-order valence-electron chi connectivity index (χ2n) is 5.38. The molecule has 7 heteroatoms. The zero-order valence-electron chi connectivity index (χ0n) is 13.1. The Balaban J connectivity index is 1.74. The Morgan fingerprint density at radius 3 is 2.88 bits per heavy atom. The van der Waals surface area contributed by atoms with E-state index in [1.165, 1.54) is 23.9 Å². The SMILES string of the molecule is O=C(O)c1cccc(/C=C2/SC(=S)N(CCc3cccnc3)C2=O)c1. The van der Waals surface area contributed by atoms with Crippen molar-refractivity contribution in [1.29, 1.82) is 0 Å². The number of carboxylic acids is 1. The van der Waals surface area contributed by atoms with Gasteiger partial charge in [0, 0.05) is 18.9 Å². The van der Waals surface area contributed by atoms with E-state index in [1.807, 2.05) is 12.1 Å². The molecule has 126 valence electrons. The molecule has 0 saturated carbocycles. The molecule has 2 aromatic rings. The predicted molar refractivity (Wildman–Crippen MR) is 101 cm³/mol. The van der Waals surface area contributed by atoms with Crippen LogP contribution in [0.2, 0.25) is 0 Å². The number of carboxylic acid groups (broad SMARTS) is 1. The number of nitrogens with zero attached hydrogens (tertiary/aromatic N) is 2. The molecule has 1 aliphatic heterocycles. The molecule has 5 nitrogen and oxygen atoms in total. The van der Waals surface area contributed by atoms with E-state index >= 15 is 0 Å². The minimum Gasteiger partial charge on any atom is -0.478 e. The lowest BCUT2D eigenvalue weighted by molar-refractivity contribution is -0.122. The van der Waals surface area contributed by atoms with E-state index in [0.29, 0.717) is 27.8 Å². The molecule has 2 heterocycles. The number of thiocarbonyl (C=S) groups is 1. The van der Waals surface area contributed by atoms with Crippen LogP contribution in [0, 0.1) is 0 Å². The average Bonchev–Trinajstić information content (AvgIpc) is 2.87. The minimum atomic E-state index is -1.00. The maximum Gasteiger partial charge on any atom is 0.335 e. The van der Waals surface area contributed by atoms with Gasteiger partial charge in [0.25, 0.3) is 5.91 Å². The highest BCUT2D eigenvalue weighted by atomic mass is 32.2. The fourth-order valence-corrected chi connectivity index (χ4v) is 3.70. The summed E-state index contributed by atoms with van der Waals surface area (Å²) in [6.07, 6.45) is 5.82. The van der Waals surface area contributed by atoms with Crippen molar-refractivity contribution in [1.82, 2.24) is 9.88 Å². The van der Waals surface area contributed by atoms with Crippen LogP contribution in [0.15, 0.2) is 53.7 Å². The molecular weight excluding hydrogens is 356 g/mol. The zero-order valence-corrected chi connectivity index (χ0v) is 14.7. The molecule has 1 fully saturated rings. The summed E-state index contributed by atoms with van der Waals surface area (Å²) < 4.78 is 0.509. The minimum absolute atomic E-state index is 0.153. The van der Waals surface area contributed by atoms with Crippen LogP contribution in [0.3, 0.4) is 0 Å². The summed E-state index contributed by atoms with van der Waals surface area (Å²) in [4.78, 5) is 29.8. The van der Waals surface area contributed by atoms with Crippen LogP contribution in [-0.4, -0.2) is 37.7 Å². The van der Waals surface area contributed by atoms with E-state index in [9.17, 15) is 9.59 Å². The quantitative estimate of drug-likeness (QED) is 0.644. The van der Waals surface area contributed by atoms with Gasteiger partial charge in [0.15, 0.2) is 0 Å².